The normalized spacial score (nSPS) is 12.0. The van der Waals surface area contributed by atoms with Gasteiger partial charge in [-0.1, -0.05) is 33.6 Å². The van der Waals surface area contributed by atoms with E-state index in [2.05, 4.69) is 26.1 Å². The number of unbranched alkanes of at least 4 members (excludes halogenated alkanes) is 1. The number of anilines is 1. The Labute approximate surface area is 241 Å². The van der Waals surface area contributed by atoms with E-state index in [9.17, 15) is 4.79 Å². The van der Waals surface area contributed by atoms with E-state index in [0.29, 0.717) is 97.4 Å². The molecule has 0 saturated carbocycles. The summed E-state index contributed by atoms with van der Waals surface area (Å²) in [4.78, 5) is 12.1. The molecule has 0 aliphatic heterocycles. The average Bonchev–Trinajstić information content (AvgIpc) is 2.97. The van der Waals surface area contributed by atoms with Crippen LogP contribution in [0.5, 0.6) is 0 Å². The molecule has 0 aromatic heterocycles. The number of hydrogen-bond acceptors (Lipinski definition) is 10. The van der Waals surface area contributed by atoms with Crippen molar-refractivity contribution in [2.75, 3.05) is 111 Å². The lowest BCUT2D eigenvalue weighted by Gasteiger charge is -2.10. The molecule has 1 N–H and O–H groups in total. The molecule has 0 spiro atoms. The molecule has 0 bridgehead atoms. The van der Waals surface area contributed by atoms with Gasteiger partial charge in [-0.25, -0.2) is 4.79 Å². The van der Waals surface area contributed by atoms with Gasteiger partial charge in [0.2, 0.25) is 0 Å². The molecular weight excluding hydrogens is 518 g/mol. The predicted octanol–water partition coefficient (Wildman–Crippen LogP) is 4.22. The standard InChI is InChI=1S/C30H53NO9/c1-4-6-11-31-29-9-7-28(8-10-29)30(32)40-25-24-38-21-20-36-17-16-34-13-12-33-14-15-35-18-19-37-22-23-39-26-27(3)5-2/h7-10,27,31H,4-6,11-26H2,1-3H3. The lowest BCUT2D eigenvalue weighted by Crippen LogP contribution is -2.15. The highest BCUT2D eigenvalue weighted by molar-refractivity contribution is 5.89. The Morgan fingerprint density at radius 1 is 0.650 bits per heavy atom. The van der Waals surface area contributed by atoms with E-state index in [4.69, 9.17) is 37.9 Å². The van der Waals surface area contributed by atoms with Crippen LogP contribution in [0, 0.1) is 5.92 Å². The van der Waals surface area contributed by atoms with Gasteiger partial charge in [0.05, 0.1) is 91.5 Å². The number of benzene rings is 1. The summed E-state index contributed by atoms with van der Waals surface area (Å²) in [5, 5.41) is 3.32. The van der Waals surface area contributed by atoms with Gasteiger partial charge in [-0.2, -0.15) is 0 Å². The zero-order valence-electron chi connectivity index (χ0n) is 25.0. The van der Waals surface area contributed by atoms with Crippen LogP contribution in [-0.2, 0) is 37.9 Å². The first-order chi connectivity index (χ1) is 19.7. The molecule has 0 fully saturated rings. The maximum atomic E-state index is 12.1. The fourth-order valence-corrected chi connectivity index (χ4v) is 3.13. The minimum atomic E-state index is -0.354. The maximum Gasteiger partial charge on any atom is 0.338 e. The molecule has 0 heterocycles. The Bertz CT molecular complexity index is 690. The third kappa shape index (κ3) is 22.0. The van der Waals surface area contributed by atoms with Gasteiger partial charge in [0, 0.05) is 18.8 Å². The summed E-state index contributed by atoms with van der Waals surface area (Å²) < 4.78 is 43.5. The molecule has 40 heavy (non-hydrogen) atoms. The Hall–Kier alpha value is -1.79. The van der Waals surface area contributed by atoms with Crippen molar-refractivity contribution >= 4 is 11.7 Å². The Balaban J connectivity index is 1.77. The lowest BCUT2D eigenvalue weighted by molar-refractivity contribution is -0.0230. The second-order valence-electron chi connectivity index (χ2n) is 9.26. The number of carbonyl (C=O) groups is 1. The number of ether oxygens (including phenoxy) is 8. The molecule has 1 aromatic rings. The predicted molar refractivity (Wildman–Crippen MR) is 155 cm³/mol. The fraction of sp³-hybridized carbons (Fsp3) is 0.767. The second-order valence-corrected chi connectivity index (χ2v) is 9.26. The van der Waals surface area contributed by atoms with Crippen molar-refractivity contribution in [2.24, 2.45) is 5.92 Å². The summed E-state index contributed by atoms with van der Waals surface area (Å²) in [6.07, 6.45) is 3.38. The number of nitrogens with one attached hydrogen (secondary N) is 1. The molecular formula is C30H53NO9. The van der Waals surface area contributed by atoms with E-state index in [1.54, 1.807) is 12.1 Å². The first kappa shape index (κ1) is 36.2. The lowest BCUT2D eigenvalue weighted by atomic mass is 10.1. The SMILES string of the molecule is CCCCNc1ccc(C(=O)OCCOCCOCCOCCOCCOCCOCCOCC(C)CC)cc1. The van der Waals surface area contributed by atoms with Gasteiger partial charge >= 0.3 is 5.97 Å². The summed E-state index contributed by atoms with van der Waals surface area (Å²) >= 11 is 0. The van der Waals surface area contributed by atoms with E-state index in [1.165, 1.54) is 0 Å². The van der Waals surface area contributed by atoms with Crippen LogP contribution in [0.25, 0.3) is 0 Å². The molecule has 1 atom stereocenters. The molecule has 10 nitrogen and oxygen atoms in total. The topological polar surface area (TPSA) is 103 Å². The first-order valence-electron chi connectivity index (χ1n) is 14.7. The fourth-order valence-electron chi connectivity index (χ4n) is 3.13. The number of hydrogen-bond donors (Lipinski definition) is 1. The van der Waals surface area contributed by atoms with Crippen LogP contribution in [0.1, 0.15) is 50.4 Å². The number of rotatable bonds is 29. The molecule has 1 unspecified atom stereocenters. The molecule has 0 aliphatic rings. The highest BCUT2D eigenvalue weighted by Crippen LogP contribution is 2.11. The maximum absolute atomic E-state index is 12.1. The smallest absolute Gasteiger partial charge is 0.338 e. The molecule has 0 radical (unpaired) electrons. The number of esters is 1. The molecule has 0 aliphatic carbocycles. The van der Waals surface area contributed by atoms with Crippen molar-refractivity contribution in [2.45, 2.75) is 40.0 Å². The summed E-state index contributed by atoms with van der Waals surface area (Å²) in [5.74, 6) is 0.241. The van der Waals surface area contributed by atoms with Gasteiger partial charge in [0.25, 0.3) is 0 Å². The minimum absolute atomic E-state index is 0.200. The van der Waals surface area contributed by atoms with E-state index in [-0.39, 0.29) is 12.6 Å². The third-order valence-corrected chi connectivity index (χ3v) is 5.77. The van der Waals surface area contributed by atoms with Crippen molar-refractivity contribution in [3.8, 4) is 0 Å². The minimum Gasteiger partial charge on any atom is -0.460 e. The van der Waals surface area contributed by atoms with Crippen LogP contribution in [0.15, 0.2) is 24.3 Å². The van der Waals surface area contributed by atoms with Crippen LogP contribution < -0.4 is 5.32 Å². The molecule has 10 heteroatoms. The Kier molecular flexibility index (Phi) is 24.8. The number of carbonyl (C=O) groups excluding carboxylic acids is 1. The summed E-state index contributed by atoms with van der Waals surface area (Å²) in [6.45, 7) is 14.9. The Morgan fingerprint density at radius 3 is 1.50 bits per heavy atom. The van der Waals surface area contributed by atoms with Crippen molar-refractivity contribution in [1.82, 2.24) is 0 Å². The monoisotopic (exact) mass is 571 g/mol. The van der Waals surface area contributed by atoms with E-state index in [0.717, 1.165) is 38.1 Å². The van der Waals surface area contributed by atoms with Gasteiger partial charge in [0.15, 0.2) is 0 Å². The quantitative estimate of drug-likeness (QED) is 0.111. The third-order valence-electron chi connectivity index (χ3n) is 5.77. The van der Waals surface area contributed by atoms with Crippen molar-refractivity contribution < 1.29 is 42.7 Å². The van der Waals surface area contributed by atoms with Crippen LogP contribution in [0.4, 0.5) is 5.69 Å². The second kappa shape index (κ2) is 27.4. The van der Waals surface area contributed by atoms with Crippen LogP contribution in [0.2, 0.25) is 0 Å². The van der Waals surface area contributed by atoms with Crippen molar-refractivity contribution in [3.63, 3.8) is 0 Å². The molecule has 232 valence electrons. The van der Waals surface area contributed by atoms with Gasteiger partial charge in [-0.05, 0) is 36.6 Å². The largest absolute Gasteiger partial charge is 0.460 e. The van der Waals surface area contributed by atoms with Crippen LogP contribution >= 0.6 is 0 Å². The van der Waals surface area contributed by atoms with E-state index < -0.39 is 0 Å². The van der Waals surface area contributed by atoms with Crippen LogP contribution in [-0.4, -0.2) is 112 Å². The van der Waals surface area contributed by atoms with Crippen molar-refractivity contribution in [1.29, 1.82) is 0 Å². The summed E-state index contributed by atoms with van der Waals surface area (Å²) in [6, 6.07) is 7.30. The molecule has 1 rings (SSSR count). The van der Waals surface area contributed by atoms with E-state index >= 15 is 0 Å². The molecule has 0 amide bonds. The highest BCUT2D eigenvalue weighted by atomic mass is 16.6. The average molecular weight is 572 g/mol. The zero-order chi connectivity index (χ0) is 28.9. The van der Waals surface area contributed by atoms with Crippen LogP contribution in [0.3, 0.4) is 0 Å². The van der Waals surface area contributed by atoms with E-state index in [1.807, 2.05) is 12.1 Å². The van der Waals surface area contributed by atoms with Gasteiger partial charge in [0.1, 0.15) is 6.61 Å². The molecule has 0 saturated heterocycles. The van der Waals surface area contributed by atoms with Gasteiger partial charge in [-0.15, -0.1) is 0 Å². The summed E-state index contributed by atoms with van der Waals surface area (Å²) in [7, 11) is 0. The Morgan fingerprint density at radius 2 is 1.07 bits per heavy atom. The van der Waals surface area contributed by atoms with Gasteiger partial charge in [-0.3, -0.25) is 0 Å². The summed E-state index contributed by atoms with van der Waals surface area (Å²) in [5.41, 5.74) is 1.53. The highest BCUT2D eigenvalue weighted by Gasteiger charge is 2.06. The first-order valence-corrected chi connectivity index (χ1v) is 14.7. The van der Waals surface area contributed by atoms with Gasteiger partial charge < -0.3 is 43.2 Å². The zero-order valence-corrected chi connectivity index (χ0v) is 25.0. The van der Waals surface area contributed by atoms with Crippen molar-refractivity contribution in [3.05, 3.63) is 29.8 Å². The molecule has 1 aromatic carbocycles.